The average Bonchev–Trinajstić information content (AvgIpc) is 3.32. The lowest BCUT2D eigenvalue weighted by Gasteiger charge is -2.35. The number of benzene rings is 1. The first kappa shape index (κ1) is 24.3. The van der Waals surface area contributed by atoms with Crippen LogP contribution >= 0.6 is 0 Å². The van der Waals surface area contributed by atoms with Gasteiger partial charge in [-0.2, -0.15) is 13.2 Å². The summed E-state index contributed by atoms with van der Waals surface area (Å²) in [6, 6.07) is 10.6. The van der Waals surface area contributed by atoms with Crippen molar-refractivity contribution < 1.29 is 22.7 Å². The molecule has 1 fully saturated rings. The van der Waals surface area contributed by atoms with Crippen LogP contribution in [0, 0.1) is 0 Å². The highest BCUT2D eigenvalue weighted by Crippen LogP contribution is 2.37. The van der Waals surface area contributed by atoms with Gasteiger partial charge < -0.3 is 19.9 Å². The van der Waals surface area contributed by atoms with Crippen LogP contribution in [0.4, 0.5) is 30.5 Å². The third-order valence-electron chi connectivity index (χ3n) is 6.28. The molecule has 3 aromatic heterocycles. The maximum atomic E-state index is 13.8. The number of anilines is 3. The molecule has 1 saturated heterocycles. The van der Waals surface area contributed by atoms with Gasteiger partial charge in [0.1, 0.15) is 22.7 Å². The van der Waals surface area contributed by atoms with Gasteiger partial charge in [-0.25, -0.2) is 15.0 Å². The van der Waals surface area contributed by atoms with E-state index in [1.165, 1.54) is 13.3 Å². The number of fused-ring (bicyclic) bond motifs is 1. The number of amides is 1. The van der Waals surface area contributed by atoms with E-state index >= 15 is 0 Å². The van der Waals surface area contributed by atoms with E-state index in [0.29, 0.717) is 43.3 Å². The minimum atomic E-state index is -4.65. The van der Waals surface area contributed by atoms with E-state index in [1.807, 2.05) is 12.1 Å². The summed E-state index contributed by atoms with van der Waals surface area (Å²) in [7, 11) is 1.51. The zero-order valence-electron chi connectivity index (χ0n) is 20.2. The topological polar surface area (TPSA) is 87.9 Å². The van der Waals surface area contributed by atoms with E-state index in [1.54, 1.807) is 46.7 Å². The molecule has 9 nitrogen and oxygen atoms in total. The molecule has 12 heteroatoms. The highest BCUT2D eigenvalue weighted by Gasteiger charge is 2.36. The molecule has 5 rings (SSSR count). The molecule has 0 atom stereocenters. The second-order valence-corrected chi connectivity index (χ2v) is 8.53. The molecule has 4 heterocycles. The van der Waals surface area contributed by atoms with Gasteiger partial charge in [0.25, 0.3) is 0 Å². The highest BCUT2D eigenvalue weighted by molar-refractivity contribution is 5.74. The Kier molecular flexibility index (Phi) is 6.32. The number of piperazine rings is 1. The first-order valence-corrected chi connectivity index (χ1v) is 11.6. The fourth-order valence-corrected chi connectivity index (χ4v) is 4.33. The normalized spacial score (nSPS) is 14.2. The van der Waals surface area contributed by atoms with E-state index in [2.05, 4.69) is 25.2 Å². The molecule has 0 aliphatic carbocycles. The number of nitrogens with zero attached hydrogens (tertiary/aromatic N) is 6. The number of ether oxygens (including phenoxy) is 1. The monoisotopic (exact) mass is 511 g/mol. The van der Waals surface area contributed by atoms with Crippen molar-refractivity contribution in [1.82, 2.24) is 24.3 Å². The molecule has 1 aliphatic rings. The molecule has 0 radical (unpaired) electrons. The Labute approximate surface area is 210 Å². The lowest BCUT2D eigenvalue weighted by molar-refractivity contribution is -0.137. The summed E-state index contributed by atoms with van der Waals surface area (Å²) in [6.07, 6.45) is -0.899. The van der Waals surface area contributed by atoms with Crippen molar-refractivity contribution in [3.8, 4) is 17.1 Å². The molecule has 1 aromatic carbocycles. The molecule has 1 N–H and O–H groups in total. The summed E-state index contributed by atoms with van der Waals surface area (Å²) >= 11 is 0. The predicted molar refractivity (Wildman–Crippen MR) is 132 cm³/mol. The third-order valence-corrected chi connectivity index (χ3v) is 6.28. The molecule has 0 bridgehead atoms. The molecular weight excluding hydrogens is 487 g/mol. The largest absolute Gasteiger partial charge is 0.494 e. The Balaban J connectivity index is 1.45. The van der Waals surface area contributed by atoms with Crippen LogP contribution in [0.2, 0.25) is 0 Å². The zero-order chi connectivity index (χ0) is 26.2. The Morgan fingerprint density at radius 2 is 1.84 bits per heavy atom. The number of nitrogens with one attached hydrogen (secondary N) is 1. The lowest BCUT2D eigenvalue weighted by atomic mass is 10.2. The zero-order valence-corrected chi connectivity index (χ0v) is 20.2. The van der Waals surface area contributed by atoms with Crippen molar-refractivity contribution in [3.63, 3.8) is 0 Å². The Morgan fingerprint density at radius 3 is 2.54 bits per heavy atom. The van der Waals surface area contributed by atoms with E-state index in [4.69, 9.17) is 4.74 Å². The van der Waals surface area contributed by atoms with Crippen LogP contribution in [0.5, 0.6) is 5.75 Å². The second-order valence-electron chi connectivity index (χ2n) is 8.53. The van der Waals surface area contributed by atoms with E-state index in [-0.39, 0.29) is 23.2 Å². The number of rotatable bonds is 5. The van der Waals surface area contributed by atoms with Crippen molar-refractivity contribution in [1.29, 1.82) is 0 Å². The van der Waals surface area contributed by atoms with Crippen LogP contribution in [-0.2, 0) is 11.0 Å². The summed E-state index contributed by atoms with van der Waals surface area (Å²) in [4.78, 5) is 27.9. The van der Waals surface area contributed by atoms with E-state index in [0.717, 1.165) is 11.9 Å². The molecule has 4 aromatic rings. The SMILES string of the molecule is COc1cc(N2CCN(C(C)=O)CC2)ccc1Nc1ncc(C(F)(F)F)c(-c2cnc3ccccn23)n1. The molecule has 1 aliphatic heterocycles. The fourth-order valence-electron chi connectivity index (χ4n) is 4.33. The Hall–Kier alpha value is -4.35. The van der Waals surface area contributed by atoms with Gasteiger partial charge in [-0.3, -0.25) is 9.20 Å². The molecule has 0 unspecified atom stereocenters. The summed E-state index contributed by atoms with van der Waals surface area (Å²) < 4.78 is 48.6. The standard InChI is InChI=1S/C25H24F3N7O2/c1-16(36)33-9-11-34(12-10-33)17-6-7-19(21(13-17)37-2)31-24-30-14-18(25(26,27)28)23(32-24)20-15-29-22-5-3-4-8-35(20)22/h3-8,13-15H,9-12H2,1-2H3,(H,30,31,32). The van der Waals surface area contributed by atoms with Crippen molar-refractivity contribution in [2.75, 3.05) is 43.5 Å². The van der Waals surface area contributed by atoms with Crippen molar-refractivity contribution in [2.45, 2.75) is 13.1 Å². The number of imidazole rings is 1. The van der Waals surface area contributed by atoms with Gasteiger partial charge in [0.05, 0.1) is 24.7 Å². The third kappa shape index (κ3) is 4.86. The number of aromatic nitrogens is 4. The molecular formula is C25H24F3N7O2. The van der Waals surface area contributed by atoms with Gasteiger partial charge in [-0.1, -0.05) is 6.07 Å². The maximum Gasteiger partial charge on any atom is 0.420 e. The summed E-state index contributed by atoms with van der Waals surface area (Å²) in [5.41, 5.74) is 0.849. The second kappa shape index (κ2) is 9.60. The first-order chi connectivity index (χ1) is 17.7. The van der Waals surface area contributed by atoms with Gasteiger partial charge in [0.2, 0.25) is 11.9 Å². The van der Waals surface area contributed by atoms with Crippen LogP contribution in [0.15, 0.2) is 55.0 Å². The number of carbonyl (C=O) groups is 1. The summed E-state index contributed by atoms with van der Waals surface area (Å²) in [5, 5.41) is 2.99. The average molecular weight is 512 g/mol. The molecule has 0 saturated carbocycles. The quantitative estimate of drug-likeness (QED) is 0.429. The number of halogens is 3. The van der Waals surface area contributed by atoms with Crippen LogP contribution in [-0.4, -0.2) is 63.4 Å². The Bertz CT molecular complexity index is 1450. The van der Waals surface area contributed by atoms with Crippen molar-refractivity contribution in [3.05, 3.63) is 60.6 Å². The minimum absolute atomic E-state index is 0.0185. The number of carbonyl (C=O) groups excluding carboxylic acids is 1. The van der Waals surface area contributed by atoms with Crippen LogP contribution < -0.4 is 15.0 Å². The smallest absolute Gasteiger partial charge is 0.420 e. The number of alkyl halides is 3. The van der Waals surface area contributed by atoms with Crippen molar-refractivity contribution >= 4 is 28.9 Å². The van der Waals surface area contributed by atoms with Gasteiger partial charge in [-0.05, 0) is 24.3 Å². The highest BCUT2D eigenvalue weighted by atomic mass is 19.4. The maximum absolute atomic E-state index is 13.8. The summed E-state index contributed by atoms with van der Waals surface area (Å²) in [5.74, 6) is 0.512. The first-order valence-electron chi connectivity index (χ1n) is 11.6. The molecule has 1 amide bonds. The fraction of sp³-hybridized carbons (Fsp3) is 0.280. The molecule has 37 heavy (non-hydrogen) atoms. The minimum Gasteiger partial charge on any atom is -0.494 e. The summed E-state index contributed by atoms with van der Waals surface area (Å²) in [6.45, 7) is 4.18. The van der Waals surface area contributed by atoms with Gasteiger partial charge in [0, 0.05) is 57.3 Å². The van der Waals surface area contributed by atoms with Crippen LogP contribution in [0.3, 0.4) is 0 Å². The van der Waals surface area contributed by atoms with Gasteiger partial charge in [-0.15, -0.1) is 0 Å². The number of hydrogen-bond acceptors (Lipinski definition) is 7. The Morgan fingerprint density at radius 1 is 1.05 bits per heavy atom. The molecule has 192 valence electrons. The van der Waals surface area contributed by atoms with Gasteiger partial charge in [0.15, 0.2) is 0 Å². The van der Waals surface area contributed by atoms with Crippen molar-refractivity contribution in [2.24, 2.45) is 0 Å². The lowest BCUT2D eigenvalue weighted by Crippen LogP contribution is -2.48. The van der Waals surface area contributed by atoms with E-state index < -0.39 is 11.7 Å². The van der Waals surface area contributed by atoms with Gasteiger partial charge >= 0.3 is 6.18 Å². The predicted octanol–water partition coefficient (Wildman–Crippen LogP) is 4.23. The number of methoxy groups -OCH3 is 1. The number of pyridine rings is 1. The van der Waals surface area contributed by atoms with Crippen LogP contribution in [0.1, 0.15) is 12.5 Å². The van der Waals surface area contributed by atoms with E-state index in [9.17, 15) is 18.0 Å². The molecule has 0 spiro atoms. The van der Waals surface area contributed by atoms with Crippen LogP contribution in [0.25, 0.3) is 17.0 Å². The number of hydrogen-bond donors (Lipinski definition) is 1.